The maximum atomic E-state index is 11.1. The van der Waals surface area contributed by atoms with Crippen LogP contribution in [0.25, 0.3) is 0 Å². The topological polar surface area (TPSA) is 26.3 Å². The molecule has 0 spiro atoms. The van der Waals surface area contributed by atoms with E-state index in [1.807, 2.05) is 0 Å². The second kappa shape index (κ2) is 4.91. The number of rotatable bonds is 2. The van der Waals surface area contributed by atoms with Crippen LogP contribution >= 0.6 is 11.8 Å². The minimum Gasteiger partial charge on any atom is -0.461 e. The van der Waals surface area contributed by atoms with Gasteiger partial charge in [0.05, 0.1) is 5.25 Å². The number of fused-ring (bicyclic) bond motifs is 1. The number of ether oxygens (including phenoxy) is 1. The lowest BCUT2D eigenvalue weighted by atomic mass is 9.89. The maximum absolute atomic E-state index is 11.1. The van der Waals surface area contributed by atoms with Crippen LogP contribution in [0, 0.1) is 0 Å². The number of aryl methyl sites for hydroxylation is 1. The summed E-state index contributed by atoms with van der Waals surface area (Å²) in [4.78, 5) is 11.1. The molecule has 1 aromatic rings. The molecule has 0 radical (unpaired) electrons. The summed E-state index contributed by atoms with van der Waals surface area (Å²) in [6.07, 6.45) is 4.04. The zero-order valence-electron chi connectivity index (χ0n) is 9.60. The summed E-state index contributed by atoms with van der Waals surface area (Å²) in [6, 6.07) is 8.44. The molecule has 0 amide bonds. The van der Waals surface area contributed by atoms with Gasteiger partial charge in [0.1, 0.15) is 6.10 Å². The fraction of sp³-hybridized carbons (Fsp3) is 0.462. The van der Waals surface area contributed by atoms with Crippen LogP contribution in [-0.2, 0) is 16.0 Å². The highest BCUT2D eigenvalue weighted by molar-refractivity contribution is 7.98. The van der Waals surface area contributed by atoms with Gasteiger partial charge in [-0.05, 0) is 30.2 Å². The van der Waals surface area contributed by atoms with Gasteiger partial charge in [-0.3, -0.25) is 4.79 Å². The van der Waals surface area contributed by atoms with Crippen LogP contribution in [0.3, 0.4) is 0 Å². The second-order valence-electron chi connectivity index (χ2n) is 4.04. The Bertz CT molecular complexity index is 389. The zero-order chi connectivity index (χ0) is 11.5. The van der Waals surface area contributed by atoms with Crippen molar-refractivity contribution < 1.29 is 9.53 Å². The van der Waals surface area contributed by atoms with Crippen LogP contribution < -0.4 is 0 Å². The number of carbonyl (C=O) groups is 1. The maximum Gasteiger partial charge on any atom is 0.302 e. The predicted molar refractivity (Wildman–Crippen MR) is 66.6 cm³/mol. The molecule has 0 fully saturated rings. The summed E-state index contributed by atoms with van der Waals surface area (Å²) in [6.45, 7) is 1.48. The predicted octanol–water partition coefficient (Wildman–Crippen LogP) is 2.97. The SMILES string of the molecule is CSC1c2ccccc2CCC1OC(C)=O. The largest absolute Gasteiger partial charge is 0.461 e. The fourth-order valence-corrected chi connectivity index (χ4v) is 3.28. The van der Waals surface area contributed by atoms with Crippen molar-refractivity contribution >= 4 is 17.7 Å². The smallest absolute Gasteiger partial charge is 0.302 e. The van der Waals surface area contributed by atoms with Gasteiger partial charge < -0.3 is 4.74 Å². The van der Waals surface area contributed by atoms with Crippen molar-refractivity contribution in [2.45, 2.75) is 31.1 Å². The summed E-state index contributed by atoms with van der Waals surface area (Å²) in [5.41, 5.74) is 2.72. The number of carbonyl (C=O) groups excluding carboxylic acids is 1. The molecule has 1 aliphatic rings. The highest BCUT2D eigenvalue weighted by Gasteiger charge is 2.30. The van der Waals surface area contributed by atoms with Gasteiger partial charge in [0, 0.05) is 6.92 Å². The Labute approximate surface area is 100 Å². The zero-order valence-corrected chi connectivity index (χ0v) is 10.4. The Hall–Kier alpha value is -0.960. The molecule has 86 valence electrons. The number of hydrogen-bond donors (Lipinski definition) is 0. The third-order valence-corrected chi connectivity index (χ3v) is 4.03. The van der Waals surface area contributed by atoms with Gasteiger partial charge >= 0.3 is 5.97 Å². The van der Waals surface area contributed by atoms with Crippen LogP contribution in [0.5, 0.6) is 0 Å². The summed E-state index contributed by atoms with van der Waals surface area (Å²) >= 11 is 1.76. The third-order valence-electron chi connectivity index (χ3n) is 2.97. The first-order valence-electron chi connectivity index (χ1n) is 5.50. The van der Waals surface area contributed by atoms with Gasteiger partial charge in [-0.15, -0.1) is 0 Å². The Morgan fingerprint density at radius 1 is 1.44 bits per heavy atom. The number of benzene rings is 1. The Morgan fingerprint density at radius 2 is 2.19 bits per heavy atom. The number of thioether (sulfide) groups is 1. The Balaban J connectivity index is 2.26. The van der Waals surface area contributed by atoms with E-state index in [9.17, 15) is 4.79 Å². The molecule has 1 aliphatic carbocycles. The van der Waals surface area contributed by atoms with Gasteiger partial charge in [-0.1, -0.05) is 24.3 Å². The van der Waals surface area contributed by atoms with E-state index in [2.05, 4.69) is 30.5 Å². The molecule has 0 saturated carbocycles. The number of hydrogen-bond acceptors (Lipinski definition) is 3. The first-order valence-corrected chi connectivity index (χ1v) is 6.79. The van der Waals surface area contributed by atoms with E-state index in [-0.39, 0.29) is 17.3 Å². The molecule has 2 rings (SSSR count). The van der Waals surface area contributed by atoms with Crippen molar-refractivity contribution in [3.8, 4) is 0 Å². The van der Waals surface area contributed by atoms with E-state index in [4.69, 9.17) is 4.74 Å². The Kier molecular flexibility index (Phi) is 3.54. The molecule has 0 bridgehead atoms. The lowest BCUT2D eigenvalue weighted by molar-refractivity contribution is -0.146. The average molecular weight is 236 g/mol. The second-order valence-corrected chi connectivity index (χ2v) is 5.02. The first kappa shape index (κ1) is 11.5. The molecule has 2 atom stereocenters. The lowest BCUT2D eigenvalue weighted by Crippen LogP contribution is -2.27. The molecule has 2 nitrogen and oxygen atoms in total. The minimum atomic E-state index is -0.177. The molecule has 16 heavy (non-hydrogen) atoms. The number of esters is 1. The van der Waals surface area contributed by atoms with Crippen LogP contribution in [-0.4, -0.2) is 18.3 Å². The van der Waals surface area contributed by atoms with E-state index < -0.39 is 0 Å². The van der Waals surface area contributed by atoms with Crippen LogP contribution in [0.15, 0.2) is 24.3 Å². The average Bonchev–Trinajstić information content (AvgIpc) is 2.28. The van der Waals surface area contributed by atoms with Crippen molar-refractivity contribution in [3.05, 3.63) is 35.4 Å². The van der Waals surface area contributed by atoms with E-state index >= 15 is 0 Å². The van der Waals surface area contributed by atoms with Crippen LogP contribution in [0.4, 0.5) is 0 Å². The molecule has 0 heterocycles. The monoisotopic (exact) mass is 236 g/mol. The fourth-order valence-electron chi connectivity index (χ4n) is 2.30. The van der Waals surface area contributed by atoms with Gasteiger partial charge in [-0.25, -0.2) is 0 Å². The summed E-state index contributed by atoms with van der Waals surface area (Å²) < 4.78 is 5.39. The van der Waals surface area contributed by atoms with Crippen molar-refractivity contribution in [2.75, 3.05) is 6.26 Å². The van der Waals surface area contributed by atoms with Crippen molar-refractivity contribution in [3.63, 3.8) is 0 Å². The quantitative estimate of drug-likeness (QED) is 0.738. The van der Waals surface area contributed by atoms with Gasteiger partial charge in [0.15, 0.2) is 0 Å². The highest BCUT2D eigenvalue weighted by atomic mass is 32.2. The van der Waals surface area contributed by atoms with Gasteiger partial charge in [-0.2, -0.15) is 11.8 Å². The van der Waals surface area contributed by atoms with E-state index in [0.717, 1.165) is 12.8 Å². The molecule has 0 saturated heterocycles. The standard InChI is InChI=1S/C13H16O2S/c1-9(14)15-12-8-7-10-5-3-4-6-11(10)13(12)16-2/h3-6,12-13H,7-8H2,1-2H3. The van der Waals surface area contributed by atoms with Crippen LogP contribution in [0.2, 0.25) is 0 Å². The van der Waals surface area contributed by atoms with E-state index in [1.165, 1.54) is 18.1 Å². The molecule has 0 aliphatic heterocycles. The van der Waals surface area contributed by atoms with E-state index in [1.54, 1.807) is 11.8 Å². The lowest BCUT2D eigenvalue weighted by Gasteiger charge is -2.31. The summed E-state index contributed by atoms with van der Waals surface area (Å²) in [5, 5.41) is 0.286. The van der Waals surface area contributed by atoms with Crippen LogP contribution in [0.1, 0.15) is 29.7 Å². The summed E-state index contributed by atoms with van der Waals surface area (Å²) in [7, 11) is 0. The van der Waals surface area contributed by atoms with Crippen molar-refractivity contribution in [1.82, 2.24) is 0 Å². The molecule has 2 unspecified atom stereocenters. The molecule has 0 aromatic heterocycles. The van der Waals surface area contributed by atoms with Crippen molar-refractivity contribution in [2.24, 2.45) is 0 Å². The molecular formula is C13H16O2S. The first-order chi connectivity index (χ1) is 7.72. The normalized spacial score (nSPS) is 23.6. The Morgan fingerprint density at radius 3 is 2.88 bits per heavy atom. The van der Waals surface area contributed by atoms with Crippen molar-refractivity contribution in [1.29, 1.82) is 0 Å². The molecule has 0 N–H and O–H groups in total. The highest BCUT2D eigenvalue weighted by Crippen LogP contribution is 2.40. The minimum absolute atomic E-state index is 0.0300. The molecule has 3 heteroatoms. The van der Waals surface area contributed by atoms with E-state index in [0.29, 0.717) is 0 Å². The summed E-state index contributed by atoms with van der Waals surface area (Å²) in [5.74, 6) is -0.177. The third kappa shape index (κ3) is 2.24. The molecular weight excluding hydrogens is 220 g/mol. The van der Waals surface area contributed by atoms with Gasteiger partial charge in [0.25, 0.3) is 0 Å². The molecule has 1 aromatic carbocycles. The van der Waals surface area contributed by atoms with Gasteiger partial charge in [0.2, 0.25) is 0 Å².